The second-order valence-electron chi connectivity index (χ2n) is 5.55. The summed E-state index contributed by atoms with van der Waals surface area (Å²) in [5, 5.41) is 0.764. The van der Waals surface area contributed by atoms with Crippen molar-refractivity contribution in [2.75, 3.05) is 5.43 Å². The van der Waals surface area contributed by atoms with Gasteiger partial charge in [0.25, 0.3) is 10.0 Å². The van der Waals surface area contributed by atoms with E-state index >= 15 is 0 Å². The van der Waals surface area contributed by atoms with Crippen LogP contribution in [0, 0.1) is 20.8 Å². The van der Waals surface area contributed by atoms with E-state index in [9.17, 15) is 8.42 Å². The summed E-state index contributed by atoms with van der Waals surface area (Å²) in [7, 11) is -3.83. The Kier molecular flexibility index (Phi) is 4.16. The molecule has 0 unspecified atom stereocenters. The number of fused-ring (bicyclic) bond motifs is 1. The fourth-order valence-electron chi connectivity index (χ4n) is 2.41. The van der Waals surface area contributed by atoms with Crippen LogP contribution in [-0.2, 0) is 10.0 Å². The molecule has 0 atom stereocenters. The van der Waals surface area contributed by atoms with Crippen LogP contribution in [-0.4, -0.2) is 23.4 Å². The third-order valence-electron chi connectivity index (χ3n) is 3.38. The number of hydrogen-bond acceptors (Lipinski definition) is 6. The van der Waals surface area contributed by atoms with Crippen molar-refractivity contribution >= 4 is 26.9 Å². The van der Waals surface area contributed by atoms with Gasteiger partial charge in [-0.3, -0.25) is 10.4 Å². The maximum absolute atomic E-state index is 12.6. The van der Waals surface area contributed by atoms with Crippen LogP contribution in [0.1, 0.15) is 17.0 Å². The zero-order chi connectivity index (χ0) is 17.3. The third kappa shape index (κ3) is 3.34. The Morgan fingerprint density at radius 1 is 1.00 bits per heavy atom. The molecule has 3 rings (SSSR count). The van der Waals surface area contributed by atoms with Crippen molar-refractivity contribution in [3.8, 4) is 0 Å². The lowest BCUT2D eigenvalue weighted by Crippen LogP contribution is -2.31. The Hall–Kier alpha value is -2.58. The molecule has 8 heteroatoms. The van der Waals surface area contributed by atoms with Crippen molar-refractivity contribution in [2.45, 2.75) is 25.7 Å². The largest absolute Gasteiger partial charge is 0.276 e. The Morgan fingerprint density at radius 3 is 2.42 bits per heavy atom. The number of pyridine rings is 1. The van der Waals surface area contributed by atoms with Crippen molar-refractivity contribution in [3.05, 3.63) is 53.5 Å². The summed E-state index contributed by atoms with van der Waals surface area (Å²) in [5.41, 5.74) is 5.42. The molecule has 0 bridgehead atoms. The zero-order valence-corrected chi connectivity index (χ0v) is 14.3. The van der Waals surface area contributed by atoms with E-state index < -0.39 is 10.0 Å². The lowest BCUT2D eigenvalue weighted by molar-refractivity contribution is 0.588. The van der Waals surface area contributed by atoms with E-state index in [0.29, 0.717) is 5.52 Å². The first-order valence-electron chi connectivity index (χ1n) is 7.31. The molecule has 0 aliphatic carbocycles. The molecule has 0 saturated heterocycles. The maximum atomic E-state index is 12.6. The Labute approximate surface area is 140 Å². The van der Waals surface area contributed by atoms with Crippen LogP contribution in [0.15, 0.2) is 41.4 Å². The summed E-state index contributed by atoms with van der Waals surface area (Å²) in [6.07, 6.45) is 1.64. The molecule has 0 spiro atoms. The SMILES string of the molecule is Cc1cnc2c(S(=O)(=O)NNc3nc(C)cc(C)n3)cccc2c1. The van der Waals surface area contributed by atoms with Gasteiger partial charge in [0.15, 0.2) is 0 Å². The van der Waals surface area contributed by atoms with Crippen LogP contribution in [0.25, 0.3) is 10.9 Å². The highest BCUT2D eigenvalue weighted by atomic mass is 32.2. The van der Waals surface area contributed by atoms with Gasteiger partial charge in [-0.25, -0.2) is 18.4 Å². The number of para-hydroxylation sites is 1. The fraction of sp³-hybridized carbons (Fsp3) is 0.188. The molecular weight excluding hydrogens is 326 g/mol. The van der Waals surface area contributed by atoms with Gasteiger partial charge in [0.1, 0.15) is 4.90 Å². The number of hydrazine groups is 1. The standard InChI is InChI=1S/C16H17N5O2S/c1-10-7-13-5-4-6-14(15(13)17-9-10)24(22,23)21-20-16-18-11(2)8-12(3)19-16/h4-9,21H,1-3H3,(H,18,19,20). The van der Waals surface area contributed by atoms with Gasteiger partial charge in [-0.15, -0.1) is 4.83 Å². The van der Waals surface area contributed by atoms with Gasteiger partial charge in [-0.2, -0.15) is 0 Å². The Morgan fingerprint density at radius 2 is 1.71 bits per heavy atom. The molecule has 0 aliphatic rings. The third-order valence-corrected chi connectivity index (χ3v) is 4.66. The molecule has 0 amide bonds. The molecule has 124 valence electrons. The van der Waals surface area contributed by atoms with Gasteiger partial charge >= 0.3 is 0 Å². The van der Waals surface area contributed by atoms with E-state index in [1.165, 1.54) is 6.07 Å². The Balaban J connectivity index is 1.93. The van der Waals surface area contributed by atoms with E-state index in [0.717, 1.165) is 22.3 Å². The molecule has 1 aromatic carbocycles. The van der Waals surface area contributed by atoms with E-state index in [4.69, 9.17) is 0 Å². The molecular formula is C16H17N5O2S. The summed E-state index contributed by atoms with van der Waals surface area (Å²) in [6, 6.07) is 8.72. The first-order chi connectivity index (χ1) is 11.3. The number of aromatic nitrogens is 3. The monoisotopic (exact) mass is 343 g/mol. The van der Waals surface area contributed by atoms with E-state index in [1.54, 1.807) is 18.3 Å². The summed E-state index contributed by atoms with van der Waals surface area (Å²) < 4.78 is 25.2. The van der Waals surface area contributed by atoms with Crippen LogP contribution < -0.4 is 10.3 Å². The number of rotatable bonds is 4. The minimum atomic E-state index is -3.83. The van der Waals surface area contributed by atoms with Crippen molar-refractivity contribution < 1.29 is 8.42 Å². The van der Waals surface area contributed by atoms with Crippen molar-refractivity contribution in [1.82, 2.24) is 19.8 Å². The van der Waals surface area contributed by atoms with Gasteiger partial charge < -0.3 is 0 Å². The topological polar surface area (TPSA) is 96.9 Å². The van der Waals surface area contributed by atoms with Crippen molar-refractivity contribution in [3.63, 3.8) is 0 Å². The molecule has 0 fully saturated rings. The zero-order valence-electron chi connectivity index (χ0n) is 13.5. The minimum absolute atomic E-state index is 0.0943. The first-order valence-corrected chi connectivity index (χ1v) is 8.79. The molecule has 2 heterocycles. The molecule has 2 aromatic heterocycles. The number of aryl methyl sites for hydroxylation is 3. The number of hydrogen-bond donors (Lipinski definition) is 2. The molecule has 0 aliphatic heterocycles. The van der Waals surface area contributed by atoms with Crippen LogP contribution in [0.3, 0.4) is 0 Å². The second-order valence-corrected chi connectivity index (χ2v) is 7.20. The minimum Gasteiger partial charge on any atom is -0.276 e. The fourth-order valence-corrected chi connectivity index (χ4v) is 3.43. The van der Waals surface area contributed by atoms with E-state index in [2.05, 4.69) is 25.2 Å². The molecule has 24 heavy (non-hydrogen) atoms. The summed E-state index contributed by atoms with van der Waals surface area (Å²) >= 11 is 0. The van der Waals surface area contributed by atoms with Gasteiger partial charge in [0, 0.05) is 23.0 Å². The van der Waals surface area contributed by atoms with Crippen LogP contribution in [0.5, 0.6) is 0 Å². The molecule has 0 saturated carbocycles. The predicted molar refractivity (Wildman–Crippen MR) is 91.9 cm³/mol. The maximum Gasteiger partial charge on any atom is 0.259 e. The predicted octanol–water partition coefficient (Wildman–Crippen LogP) is 2.26. The van der Waals surface area contributed by atoms with Gasteiger partial charge in [0.2, 0.25) is 5.95 Å². The average Bonchev–Trinajstić information content (AvgIpc) is 2.51. The summed E-state index contributed by atoms with van der Waals surface area (Å²) in [6.45, 7) is 5.53. The quantitative estimate of drug-likeness (QED) is 0.705. The van der Waals surface area contributed by atoms with Gasteiger partial charge in [-0.05, 0) is 44.5 Å². The highest BCUT2D eigenvalue weighted by molar-refractivity contribution is 7.89. The normalized spacial score (nSPS) is 11.6. The highest BCUT2D eigenvalue weighted by Crippen LogP contribution is 2.21. The highest BCUT2D eigenvalue weighted by Gasteiger charge is 2.18. The Bertz CT molecular complexity index is 998. The number of benzene rings is 1. The number of nitrogens with one attached hydrogen (secondary N) is 2. The van der Waals surface area contributed by atoms with Crippen molar-refractivity contribution in [1.29, 1.82) is 0 Å². The average molecular weight is 343 g/mol. The van der Waals surface area contributed by atoms with Gasteiger partial charge in [0.05, 0.1) is 5.52 Å². The number of nitrogens with zero attached hydrogens (tertiary/aromatic N) is 3. The molecule has 3 aromatic rings. The lowest BCUT2D eigenvalue weighted by atomic mass is 10.2. The van der Waals surface area contributed by atoms with Gasteiger partial charge in [-0.1, -0.05) is 12.1 Å². The van der Waals surface area contributed by atoms with Crippen molar-refractivity contribution in [2.24, 2.45) is 0 Å². The van der Waals surface area contributed by atoms with E-state index in [1.807, 2.05) is 32.9 Å². The smallest absolute Gasteiger partial charge is 0.259 e. The first kappa shape index (κ1) is 16.3. The van der Waals surface area contributed by atoms with E-state index in [-0.39, 0.29) is 10.8 Å². The molecule has 0 radical (unpaired) electrons. The molecule has 2 N–H and O–H groups in total. The summed E-state index contributed by atoms with van der Waals surface area (Å²) in [4.78, 5) is 14.9. The number of sulfonamides is 1. The van der Waals surface area contributed by atoms with Crippen LogP contribution in [0.2, 0.25) is 0 Å². The second kappa shape index (κ2) is 6.14. The number of anilines is 1. The van der Waals surface area contributed by atoms with Crippen LogP contribution >= 0.6 is 0 Å². The lowest BCUT2D eigenvalue weighted by Gasteiger charge is -2.11. The summed E-state index contributed by atoms with van der Waals surface area (Å²) in [5.74, 6) is 0.195. The van der Waals surface area contributed by atoms with Crippen LogP contribution in [0.4, 0.5) is 5.95 Å². The molecule has 7 nitrogen and oxygen atoms in total.